The maximum atomic E-state index is 12.7. The second-order valence-corrected chi connectivity index (χ2v) is 5.88. The first-order valence-corrected chi connectivity index (χ1v) is 7.32. The van der Waals surface area contributed by atoms with Crippen molar-refractivity contribution < 1.29 is 28.5 Å². The summed E-state index contributed by atoms with van der Waals surface area (Å²) < 4.78 is 20.8. The Morgan fingerprint density at radius 2 is 1.65 bits per heavy atom. The van der Waals surface area contributed by atoms with Crippen molar-refractivity contribution in [3.05, 3.63) is 12.2 Å². The van der Waals surface area contributed by atoms with E-state index in [2.05, 4.69) is 6.58 Å². The van der Waals surface area contributed by atoms with E-state index in [1.54, 1.807) is 0 Å². The van der Waals surface area contributed by atoms with Crippen LogP contribution < -0.4 is 0 Å². The summed E-state index contributed by atoms with van der Waals surface area (Å²) in [6.07, 6.45) is 0.784. The Labute approximate surface area is 122 Å². The molecule has 0 radical (unpaired) electrons. The zero-order chi connectivity index (χ0) is 16.0. The highest BCUT2D eigenvalue weighted by Gasteiger charge is 2.52. The van der Waals surface area contributed by atoms with Gasteiger partial charge in [-0.15, -0.1) is 0 Å². The number of rotatable bonds is 9. The lowest BCUT2D eigenvalue weighted by molar-refractivity contribution is -0.242. The van der Waals surface area contributed by atoms with Crippen molar-refractivity contribution in [1.29, 1.82) is 0 Å². The van der Waals surface area contributed by atoms with Crippen molar-refractivity contribution in [1.82, 2.24) is 0 Å². The monoisotopic (exact) mass is 304 g/mol. The SMILES string of the molecule is C=C(C)C(=O)OC(CCC)(OC)C(=O)C([SiH3])(OC)OC. The largest absolute Gasteiger partial charge is 0.422 e. The van der Waals surface area contributed by atoms with Crippen LogP contribution in [0.2, 0.25) is 0 Å². The quantitative estimate of drug-likeness (QED) is 0.261. The second kappa shape index (κ2) is 7.68. The Bertz CT molecular complexity index is 377. The molecule has 0 rings (SSSR count). The molecule has 0 spiro atoms. The molecule has 0 N–H and O–H groups in total. The van der Waals surface area contributed by atoms with E-state index in [0.29, 0.717) is 6.42 Å². The number of ether oxygens (including phenoxy) is 4. The number of methoxy groups -OCH3 is 3. The third kappa shape index (κ3) is 3.98. The van der Waals surface area contributed by atoms with E-state index in [4.69, 9.17) is 18.9 Å². The number of carbonyl (C=O) groups excluding carboxylic acids is 2. The van der Waals surface area contributed by atoms with Gasteiger partial charge in [-0.05, 0) is 13.3 Å². The van der Waals surface area contributed by atoms with Crippen LogP contribution in [-0.4, -0.2) is 54.5 Å². The summed E-state index contributed by atoms with van der Waals surface area (Å²) >= 11 is 0. The smallest absolute Gasteiger partial charge is 0.335 e. The third-order valence-electron chi connectivity index (χ3n) is 3.05. The molecule has 0 heterocycles. The average molecular weight is 304 g/mol. The Balaban J connectivity index is 5.58. The summed E-state index contributed by atoms with van der Waals surface area (Å²) in [7, 11) is 4.29. The molecule has 0 amide bonds. The standard InChI is InChI=1S/C13H24O6Si/c1-7-8-12(16-4,19-10(14)9(2)3)11(15)13(20,17-5)18-6/h2,7-8H2,1,3-6,20H3. The minimum atomic E-state index is -1.72. The molecule has 0 fully saturated rings. The van der Waals surface area contributed by atoms with E-state index < -0.39 is 23.0 Å². The molecule has 1 atom stereocenters. The molecule has 0 aromatic carbocycles. The maximum absolute atomic E-state index is 12.7. The van der Waals surface area contributed by atoms with Gasteiger partial charge in [0, 0.05) is 33.3 Å². The lowest BCUT2D eigenvalue weighted by atomic mass is 10.0. The van der Waals surface area contributed by atoms with Crippen LogP contribution in [0.25, 0.3) is 0 Å². The number of esters is 1. The molecule has 7 heteroatoms. The highest BCUT2D eigenvalue weighted by atomic mass is 28.1. The molecule has 20 heavy (non-hydrogen) atoms. The summed E-state index contributed by atoms with van der Waals surface area (Å²) in [4.78, 5) is 24.5. The van der Waals surface area contributed by atoms with Crippen molar-refractivity contribution in [3.63, 3.8) is 0 Å². The number of ketones is 1. The highest BCUT2D eigenvalue weighted by Crippen LogP contribution is 2.28. The van der Waals surface area contributed by atoms with E-state index in [1.165, 1.54) is 28.3 Å². The van der Waals surface area contributed by atoms with Gasteiger partial charge >= 0.3 is 5.97 Å². The Morgan fingerprint density at radius 1 is 1.15 bits per heavy atom. The first-order chi connectivity index (χ1) is 9.22. The Hall–Kier alpha value is -1.02. The van der Waals surface area contributed by atoms with Crippen LogP contribution in [0.4, 0.5) is 0 Å². The van der Waals surface area contributed by atoms with Gasteiger partial charge in [-0.3, -0.25) is 4.79 Å². The van der Waals surface area contributed by atoms with Crippen LogP contribution >= 0.6 is 0 Å². The van der Waals surface area contributed by atoms with E-state index in [1.807, 2.05) is 6.92 Å². The summed E-state index contributed by atoms with van der Waals surface area (Å²) in [5, 5.41) is 0. The van der Waals surface area contributed by atoms with E-state index >= 15 is 0 Å². The van der Waals surface area contributed by atoms with Gasteiger partial charge in [0.25, 0.3) is 11.6 Å². The van der Waals surface area contributed by atoms with Crippen LogP contribution in [0.1, 0.15) is 26.7 Å². The molecule has 0 aliphatic carbocycles. The zero-order valence-electron chi connectivity index (χ0n) is 13.1. The summed E-state index contributed by atoms with van der Waals surface area (Å²) in [5.41, 5.74) is -1.25. The lowest BCUT2D eigenvalue weighted by Gasteiger charge is -2.36. The average Bonchev–Trinajstić information content (AvgIpc) is 2.44. The van der Waals surface area contributed by atoms with E-state index in [9.17, 15) is 9.59 Å². The van der Waals surface area contributed by atoms with Gasteiger partial charge in [-0.2, -0.15) is 0 Å². The normalized spacial score (nSPS) is 14.7. The van der Waals surface area contributed by atoms with Crippen molar-refractivity contribution in [3.8, 4) is 0 Å². The first kappa shape index (κ1) is 19.0. The minimum absolute atomic E-state index is 0.184. The zero-order valence-corrected chi connectivity index (χ0v) is 15.1. The number of carbonyl (C=O) groups is 2. The van der Waals surface area contributed by atoms with Gasteiger partial charge in [0.2, 0.25) is 5.41 Å². The summed E-state index contributed by atoms with van der Waals surface area (Å²) in [5.74, 6) is -2.97. The number of Topliss-reactive ketones (excluding diaryl/α,β-unsaturated/α-hetero) is 1. The van der Waals surface area contributed by atoms with E-state index in [-0.39, 0.29) is 22.2 Å². The van der Waals surface area contributed by atoms with Crippen LogP contribution in [0.5, 0.6) is 0 Å². The third-order valence-corrected chi connectivity index (χ3v) is 4.32. The predicted molar refractivity (Wildman–Crippen MR) is 77.2 cm³/mol. The molecule has 0 aliphatic heterocycles. The molecule has 1 unspecified atom stereocenters. The fraction of sp³-hybridized carbons (Fsp3) is 0.692. The van der Waals surface area contributed by atoms with Crippen LogP contribution in [0.15, 0.2) is 12.2 Å². The molecule has 116 valence electrons. The molecule has 0 aromatic heterocycles. The van der Waals surface area contributed by atoms with Gasteiger partial charge in [0.1, 0.15) is 0 Å². The summed E-state index contributed by atoms with van der Waals surface area (Å²) in [6, 6.07) is 0. The highest BCUT2D eigenvalue weighted by molar-refractivity contribution is 6.28. The fourth-order valence-corrected chi connectivity index (χ4v) is 2.01. The molecular formula is C13H24O6Si. The topological polar surface area (TPSA) is 71.1 Å². The van der Waals surface area contributed by atoms with Crippen LogP contribution in [0, 0.1) is 0 Å². The van der Waals surface area contributed by atoms with Crippen molar-refractivity contribution in [2.75, 3.05) is 21.3 Å². The van der Waals surface area contributed by atoms with E-state index in [0.717, 1.165) is 0 Å². The molecule has 0 aliphatic rings. The van der Waals surface area contributed by atoms with Gasteiger partial charge in [-0.25, -0.2) is 4.79 Å². The Morgan fingerprint density at radius 3 is 1.95 bits per heavy atom. The van der Waals surface area contributed by atoms with Crippen molar-refractivity contribution in [2.24, 2.45) is 0 Å². The first-order valence-electron chi connectivity index (χ1n) is 6.32. The lowest BCUT2D eigenvalue weighted by Crippen LogP contribution is -2.58. The second-order valence-electron chi connectivity index (χ2n) is 4.56. The molecule has 6 nitrogen and oxygen atoms in total. The minimum Gasteiger partial charge on any atom is -0.422 e. The molecule has 0 bridgehead atoms. The molecule has 0 aromatic rings. The maximum Gasteiger partial charge on any atom is 0.335 e. The van der Waals surface area contributed by atoms with Gasteiger partial charge < -0.3 is 18.9 Å². The van der Waals surface area contributed by atoms with Crippen LogP contribution in [0.3, 0.4) is 0 Å². The van der Waals surface area contributed by atoms with Gasteiger partial charge in [0.05, 0.1) is 10.2 Å². The number of hydrogen-bond donors (Lipinski definition) is 0. The van der Waals surface area contributed by atoms with Crippen LogP contribution in [-0.2, 0) is 28.5 Å². The molecule has 0 saturated heterocycles. The molecular weight excluding hydrogens is 280 g/mol. The fourth-order valence-electron chi connectivity index (χ4n) is 1.63. The number of hydrogen-bond acceptors (Lipinski definition) is 6. The predicted octanol–water partition coefficient (Wildman–Crippen LogP) is 0.130. The van der Waals surface area contributed by atoms with Gasteiger partial charge in [0.15, 0.2) is 0 Å². The summed E-state index contributed by atoms with van der Waals surface area (Å²) in [6.45, 7) is 6.85. The molecule has 0 saturated carbocycles. The van der Waals surface area contributed by atoms with Crippen molar-refractivity contribution in [2.45, 2.75) is 37.9 Å². The Kier molecular flexibility index (Phi) is 7.29. The van der Waals surface area contributed by atoms with Gasteiger partial charge in [-0.1, -0.05) is 13.5 Å². The van der Waals surface area contributed by atoms with Crippen molar-refractivity contribution >= 4 is 22.0 Å².